The smallest absolute Gasteiger partial charge is 0.270 e. The van der Waals surface area contributed by atoms with Gasteiger partial charge in [0.1, 0.15) is 5.75 Å². The number of hydrogen-bond acceptors (Lipinski definition) is 4. The van der Waals surface area contributed by atoms with Gasteiger partial charge in [0, 0.05) is 23.9 Å². The predicted octanol–water partition coefficient (Wildman–Crippen LogP) is 4.00. The Balaban J connectivity index is 0.00000200. The molecule has 0 amide bonds. The number of hydrogen-bond donors (Lipinski definition) is 1. The number of aromatic hydroxyl groups is 1. The van der Waals surface area contributed by atoms with Crippen molar-refractivity contribution in [1.29, 1.82) is 0 Å². The Morgan fingerprint density at radius 3 is 2.60 bits per heavy atom. The number of nitrogens with zero attached hydrogens (tertiary/aromatic N) is 2. The molecule has 1 N–H and O–H groups in total. The van der Waals surface area contributed by atoms with Crippen molar-refractivity contribution in [3.63, 3.8) is 0 Å². The molecule has 0 heterocycles. The molecule has 0 bridgehead atoms. The summed E-state index contributed by atoms with van der Waals surface area (Å²) in [6, 6.07) is 11.3. The summed E-state index contributed by atoms with van der Waals surface area (Å²) in [6.07, 6.45) is 1.42. The van der Waals surface area contributed by atoms with Gasteiger partial charge in [-0.2, -0.15) is 0 Å². The SMILES string of the molecule is C.Cc1ccccc1N=Cc1cc([N+](=O)[O-])ccc1O. The van der Waals surface area contributed by atoms with E-state index >= 15 is 0 Å². The fourth-order valence-electron chi connectivity index (χ4n) is 1.61. The lowest BCUT2D eigenvalue weighted by Crippen LogP contribution is -1.90. The number of aliphatic imine (C=N–C) groups is 1. The summed E-state index contributed by atoms with van der Waals surface area (Å²) in [4.78, 5) is 14.4. The van der Waals surface area contributed by atoms with E-state index in [0.29, 0.717) is 5.56 Å². The van der Waals surface area contributed by atoms with Gasteiger partial charge in [-0.15, -0.1) is 0 Å². The van der Waals surface area contributed by atoms with Gasteiger partial charge in [0.25, 0.3) is 5.69 Å². The first kappa shape index (κ1) is 15.4. The molecule has 0 atom stereocenters. The number of benzene rings is 2. The zero-order valence-corrected chi connectivity index (χ0v) is 10.3. The van der Waals surface area contributed by atoms with E-state index in [1.165, 1.54) is 24.4 Å². The number of aryl methyl sites for hydroxylation is 1. The Kier molecular flexibility index (Phi) is 4.97. The fraction of sp³-hybridized carbons (Fsp3) is 0.133. The van der Waals surface area contributed by atoms with Gasteiger partial charge in [0.15, 0.2) is 0 Å². The minimum absolute atomic E-state index is 0. The monoisotopic (exact) mass is 272 g/mol. The summed E-state index contributed by atoms with van der Waals surface area (Å²) in [6.45, 7) is 1.92. The van der Waals surface area contributed by atoms with Gasteiger partial charge < -0.3 is 5.11 Å². The summed E-state index contributed by atoms with van der Waals surface area (Å²) in [7, 11) is 0. The van der Waals surface area contributed by atoms with E-state index < -0.39 is 4.92 Å². The van der Waals surface area contributed by atoms with E-state index in [0.717, 1.165) is 11.3 Å². The average molecular weight is 272 g/mol. The van der Waals surface area contributed by atoms with Gasteiger partial charge in [-0.05, 0) is 24.6 Å². The molecule has 5 nitrogen and oxygen atoms in total. The Labute approximate surface area is 117 Å². The zero-order chi connectivity index (χ0) is 13.8. The number of para-hydroxylation sites is 1. The van der Waals surface area contributed by atoms with Gasteiger partial charge in [-0.3, -0.25) is 15.1 Å². The second kappa shape index (κ2) is 6.47. The molecule has 0 aliphatic carbocycles. The second-order valence-electron chi connectivity index (χ2n) is 4.04. The average Bonchev–Trinajstić information content (AvgIpc) is 2.39. The lowest BCUT2D eigenvalue weighted by Gasteiger charge is -2.00. The van der Waals surface area contributed by atoms with Crippen LogP contribution in [0.2, 0.25) is 0 Å². The third-order valence-electron chi connectivity index (χ3n) is 2.68. The Hall–Kier alpha value is -2.69. The highest BCUT2D eigenvalue weighted by Gasteiger charge is 2.08. The molecule has 2 aromatic carbocycles. The molecule has 20 heavy (non-hydrogen) atoms. The van der Waals surface area contributed by atoms with Gasteiger partial charge >= 0.3 is 0 Å². The van der Waals surface area contributed by atoms with Crippen molar-refractivity contribution in [3.05, 3.63) is 63.7 Å². The predicted molar refractivity (Wildman–Crippen MR) is 79.9 cm³/mol. The highest BCUT2D eigenvalue weighted by molar-refractivity contribution is 5.86. The molecule has 0 aromatic heterocycles. The van der Waals surface area contributed by atoms with Crippen molar-refractivity contribution in [3.8, 4) is 5.75 Å². The quantitative estimate of drug-likeness (QED) is 0.521. The minimum atomic E-state index is -0.509. The highest BCUT2D eigenvalue weighted by Crippen LogP contribution is 2.23. The third-order valence-corrected chi connectivity index (χ3v) is 2.68. The van der Waals surface area contributed by atoms with Crippen LogP contribution in [-0.2, 0) is 0 Å². The maximum atomic E-state index is 10.7. The first-order valence-electron chi connectivity index (χ1n) is 5.65. The first-order chi connectivity index (χ1) is 9.08. The molecule has 5 heteroatoms. The van der Waals surface area contributed by atoms with Crippen LogP contribution in [-0.4, -0.2) is 16.2 Å². The molecule has 0 aliphatic heterocycles. The third kappa shape index (κ3) is 3.41. The maximum absolute atomic E-state index is 10.7. The number of phenols is 1. The van der Waals surface area contributed by atoms with E-state index in [1.54, 1.807) is 0 Å². The molecule has 0 spiro atoms. The van der Waals surface area contributed by atoms with Gasteiger partial charge in [0.05, 0.1) is 10.6 Å². The molecule has 0 unspecified atom stereocenters. The van der Waals surface area contributed by atoms with E-state index in [-0.39, 0.29) is 18.9 Å². The Morgan fingerprint density at radius 1 is 1.25 bits per heavy atom. The Morgan fingerprint density at radius 2 is 1.95 bits per heavy atom. The van der Waals surface area contributed by atoms with Gasteiger partial charge in [-0.1, -0.05) is 25.6 Å². The fourth-order valence-corrected chi connectivity index (χ4v) is 1.61. The summed E-state index contributed by atoms with van der Waals surface area (Å²) >= 11 is 0. The standard InChI is InChI=1S/C14H12N2O3.CH4/c1-10-4-2-3-5-13(10)15-9-11-8-12(16(18)19)6-7-14(11)17;/h2-9,17H,1H3;1H4. The second-order valence-corrected chi connectivity index (χ2v) is 4.04. The van der Waals surface area contributed by atoms with Crippen molar-refractivity contribution in [1.82, 2.24) is 0 Å². The van der Waals surface area contributed by atoms with Gasteiger partial charge in [-0.25, -0.2) is 0 Å². The number of non-ortho nitro benzene ring substituents is 1. The maximum Gasteiger partial charge on any atom is 0.270 e. The van der Waals surface area contributed by atoms with E-state index in [4.69, 9.17) is 0 Å². The lowest BCUT2D eigenvalue weighted by atomic mass is 10.2. The van der Waals surface area contributed by atoms with Crippen LogP contribution in [0.25, 0.3) is 0 Å². The Bertz CT molecular complexity index is 651. The largest absolute Gasteiger partial charge is 0.507 e. The van der Waals surface area contributed by atoms with Crippen LogP contribution in [0.4, 0.5) is 11.4 Å². The van der Waals surface area contributed by atoms with E-state index in [2.05, 4.69) is 4.99 Å². The molecule has 0 saturated carbocycles. The highest BCUT2D eigenvalue weighted by atomic mass is 16.6. The van der Waals surface area contributed by atoms with E-state index in [1.807, 2.05) is 31.2 Å². The van der Waals surface area contributed by atoms with Crippen LogP contribution in [0.3, 0.4) is 0 Å². The van der Waals surface area contributed by atoms with Crippen LogP contribution in [0, 0.1) is 17.0 Å². The van der Waals surface area contributed by atoms with Crippen LogP contribution in [0.1, 0.15) is 18.6 Å². The van der Waals surface area contributed by atoms with Crippen molar-refractivity contribution in [2.75, 3.05) is 0 Å². The van der Waals surface area contributed by atoms with E-state index in [9.17, 15) is 15.2 Å². The van der Waals surface area contributed by atoms with Crippen molar-refractivity contribution in [2.24, 2.45) is 4.99 Å². The molecule has 0 radical (unpaired) electrons. The van der Waals surface area contributed by atoms with Crippen LogP contribution < -0.4 is 0 Å². The first-order valence-corrected chi connectivity index (χ1v) is 5.65. The minimum Gasteiger partial charge on any atom is -0.507 e. The van der Waals surface area contributed by atoms with Crippen molar-refractivity contribution >= 4 is 17.6 Å². The topological polar surface area (TPSA) is 75.7 Å². The lowest BCUT2D eigenvalue weighted by molar-refractivity contribution is -0.384. The molecule has 0 aliphatic rings. The number of nitro groups is 1. The zero-order valence-electron chi connectivity index (χ0n) is 10.3. The molecular weight excluding hydrogens is 256 g/mol. The summed E-state index contributed by atoms with van der Waals surface area (Å²) in [5, 5.41) is 20.3. The molecule has 2 rings (SSSR count). The van der Waals surface area contributed by atoms with Crippen molar-refractivity contribution < 1.29 is 10.0 Å². The molecule has 104 valence electrons. The summed E-state index contributed by atoms with van der Waals surface area (Å²) < 4.78 is 0. The summed E-state index contributed by atoms with van der Waals surface area (Å²) in [5.74, 6) is -0.0389. The number of rotatable bonds is 3. The van der Waals surface area contributed by atoms with Crippen LogP contribution >= 0.6 is 0 Å². The molecular formula is C15H16N2O3. The van der Waals surface area contributed by atoms with Crippen LogP contribution in [0.15, 0.2) is 47.5 Å². The molecule has 2 aromatic rings. The van der Waals surface area contributed by atoms with Crippen molar-refractivity contribution in [2.45, 2.75) is 14.4 Å². The number of nitro benzene ring substituents is 1. The molecule has 0 saturated heterocycles. The summed E-state index contributed by atoms with van der Waals surface area (Å²) in [5.41, 5.74) is 1.98. The van der Waals surface area contributed by atoms with Gasteiger partial charge in [0.2, 0.25) is 0 Å². The normalized spacial score (nSPS) is 10.2. The van der Waals surface area contributed by atoms with Crippen LogP contribution in [0.5, 0.6) is 5.75 Å². The molecule has 0 fully saturated rings. The number of phenolic OH excluding ortho intramolecular Hbond substituents is 1.